The molecule has 4 nitrogen and oxygen atoms in total. The zero-order valence-electron chi connectivity index (χ0n) is 9.00. The molecule has 2 rings (SSSR count). The highest BCUT2D eigenvalue weighted by atomic mass is 79.9. The van der Waals surface area contributed by atoms with Crippen LogP contribution in [0.4, 0.5) is 8.78 Å². The Bertz CT molecular complexity index is 613. The standard InChI is InChI=1S/C11H6BrF2NO3/c1-4-2-5(12)10(14)8(9(4)13)6-3-7(11(16)17)18-15-6/h2-3H,1H3,(H,16,17). The molecule has 0 aliphatic carbocycles. The van der Waals surface area contributed by atoms with Crippen molar-refractivity contribution in [3.8, 4) is 11.3 Å². The van der Waals surface area contributed by atoms with Gasteiger partial charge in [-0.15, -0.1) is 0 Å². The van der Waals surface area contributed by atoms with Gasteiger partial charge in [-0.3, -0.25) is 0 Å². The molecule has 0 spiro atoms. The summed E-state index contributed by atoms with van der Waals surface area (Å²) in [6.45, 7) is 1.46. The lowest BCUT2D eigenvalue weighted by atomic mass is 10.1. The van der Waals surface area contributed by atoms with Crippen LogP contribution in [0.3, 0.4) is 0 Å². The van der Waals surface area contributed by atoms with Gasteiger partial charge < -0.3 is 9.63 Å². The van der Waals surface area contributed by atoms with Crippen molar-refractivity contribution >= 4 is 21.9 Å². The van der Waals surface area contributed by atoms with Gasteiger partial charge in [-0.1, -0.05) is 5.16 Å². The normalized spacial score (nSPS) is 10.7. The van der Waals surface area contributed by atoms with Crippen molar-refractivity contribution < 1.29 is 23.2 Å². The van der Waals surface area contributed by atoms with E-state index in [0.717, 1.165) is 6.07 Å². The van der Waals surface area contributed by atoms with Crippen LogP contribution in [0.1, 0.15) is 16.1 Å². The van der Waals surface area contributed by atoms with Crippen LogP contribution >= 0.6 is 15.9 Å². The van der Waals surface area contributed by atoms with Gasteiger partial charge in [-0.05, 0) is 34.5 Å². The predicted octanol–water partition coefficient (Wildman–Crippen LogP) is 3.39. The van der Waals surface area contributed by atoms with Crippen molar-refractivity contribution in [1.82, 2.24) is 5.16 Å². The van der Waals surface area contributed by atoms with Crippen LogP contribution in [0.25, 0.3) is 11.3 Å². The number of benzene rings is 1. The van der Waals surface area contributed by atoms with E-state index in [1.165, 1.54) is 13.0 Å². The number of aromatic carboxylic acids is 1. The maximum absolute atomic E-state index is 13.8. The van der Waals surface area contributed by atoms with Crippen LogP contribution < -0.4 is 0 Å². The van der Waals surface area contributed by atoms with Gasteiger partial charge >= 0.3 is 5.97 Å². The Morgan fingerprint density at radius 2 is 2.06 bits per heavy atom. The monoisotopic (exact) mass is 317 g/mol. The van der Waals surface area contributed by atoms with Crippen LogP contribution in [-0.4, -0.2) is 16.2 Å². The largest absolute Gasteiger partial charge is 0.475 e. The molecule has 1 heterocycles. The summed E-state index contributed by atoms with van der Waals surface area (Å²) >= 11 is 2.95. The van der Waals surface area contributed by atoms with Crippen LogP contribution in [0.5, 0.6) is 0 Å². The van der Waals surface area contributed by atoms with Crippen LogP contribution in [0.15, 0.2) is 21.1 Å². The van der Waals surface area contributed by atoms with Gasteiger partial charge in [0.2, 0.25) is 5.76 Å². The second-order valence-electron chi connectivity index (χ2n) is 3.56. The topological polar surface area (TPSA) is 63.3 Å². The maximum Gasteiger partial charge on any atom is 0.374 e. The third kappa shape index (κ3) is 2.01. The molecule has 0 aliphatic rings. The van der Waals surface area contributed by atoms with Gasteiger partial charge in [0.05, 0.1) is 10.0 Å². The average Bonchev–Trinajstić information content (AvgIpc) is 2.76. The fraction of sp³-hybridized carbons (Fsp3) is 0.0909. The first-order chi connectivity index (χ1) is 8.41. The molecule has 0 saturated heterocycles. The maximum atomic E-state index is 13.8. The molecule has 2 aromatic rings. The molecule has 0 atom stereocenters. The first kappa shape index (κ1) is 12.7. The summed E-state index contributed by atoms with van der Waals surface area (Å²) < 4.78 is 32.2. The number of rotatable bonds is 2. The molecule has 1 aromatic carbocycles. The zero-order chi connectivity index (χ0) is 13.4. The summed E-state index contributed by atoms with van der Waals surface area (Å²) in [7, 11) is 0. The Hall–Kier alpha value is -1.76. The number of hydrogen-bond acceptors (Lipinski definition) is 3. The van der Waals surface area contributed by atoms with Crippen LogP contribution in [-0.2, 0) is 0 Å². The minimum Gasteiger partial charge on any atom is -0.475 e. The minimum atomic E-state index is -1.36. The lowest BCUT2D eigenvalue weighted by Gasteiger charge is -2.05. The van der Waals surface area contributed by atoms with Crippen molar-refractivity contribution in [2.75, 3.05) is 0 Å². The molecule has 0 unspecified atom stereocenters. The van der Waals surface area contributed by atoms with E-state index < -0.39 is 28.9 Å². The molecular formula is C11H6BrF2NO3. The Kier molecular flexibility index (Phi) is 3.16. The summed E-state index contributed by atoms with van der Waals surface area (Å²) in [6, 6.07) is 2.25. The molecule has 0 bridgehead atoms. The summed E-state index contributed by atoms with van der Waals surface area (Å²) in [5.74, 6) is -3.51. The van der Waals surface area contributed by atoms with E-state index >= 15 is 0 Å². The van der Waals surface area contributed by atoms with Gasteiger partial charge in [0.15, 0.2) is 0 Å². The second kappa shape index (κ2) is 4.49. The Morgan fingerprint density at radius 3 is 2.61 bits per heavy atom. The lowest BCUT2D eigenvalue weighted by molar-refractivity contribution is 0.0652. The molecule has 0 amide bonds. The fourth-order valence-electron chi connectivity index (χ4n) is 1.45. The number of carboxylic acid groups (broad SMARTS) is 1. The molecule has 18 heavy (non-hydrogen) atoms. The molecule has 0 aliphatic heterocycles. The molecule has 1 N–H and O–H groups in total. The van der Waals surface area contributed by atoms with Crippen LogP contribution in [0, 0.1) is 18.6 Å². The summed E-state index contributed by atoms with van der Waals surface area (Å²) in [5.41, 5.74) is -0.414. The highest BCUT2D eigenvalue weighted by Gasteiger charge is 2.22. The summed E-state index contributed by atoms with van der Waals surface area (Å²) in [6.07, 6.45) is 0. The average molecular weight is 318 g/mol. The van der Waals surface area contributed by atoms with Gasteiger partial charge in [-0.2, -0.15) is 0 Å². The number of carbonyl (C=O) groups is 1. The van der Waals surface area contributed by atoms with Gasteiger partial charge in [0.25, 0.3) is 0 Å². The molecule has 94 valence electrons. The quantitative estimate of drug-likeness (QED) is 0.862. The molecule has 7 heteroatoms. The van der Waals surface area contributed by atoms with E-state index in [-0.39, 0.29) is 15.7 Å². The first-order valence-electron chi connectivity index (χ1n) is 4.76. The number of carboxylic acids is 1. The van der Waals surface area contributed by atoms with Gasteiger partial charge in [0.1, 0.15) is 17.3 Å². The molecular weight excluding hydrogens is 312 g/mol. The molecule has 0 radical (unpaired) electrons. The smallest absolute Gasteiger partial charge is 0.374 e. The van der Waals surface area contributed by atoms with E-state index in [4.69, 9.17) is 5.11 Å². The SMILES string of the molecule is Cc1cc(Br)c(F)c(-c2cc(C(=O)O)on2)c1F. The highest BCUT2D eigenvalue weighted by molar-refractivity contribution is 9.10. The third-order valence-electron chi connectivity index (χ3n) is 2.32. The van der Waals surface area contributed by atoms with E-state index in [1.54, 1.807) is 0 Å². The van der Waals surface area contributed by atoms with E-state index in [1.807, 2.05) is 0 Å². The van der Waals surface area contributed by atoms with Crippen molar-refractivity contribution in [2.24, 2.45) is 0 Å². The van der Waals surface area contributed by atoms with E-state index in [0.29, 0.717) is 0 Å². The number of aromatic nitrogens is 1. The third-order valence-corrected chi connectivity index (χ3v) is 2.89. The minimum absolute atomic E-state index is 0.0660. The van der Waals surface area contributed by atoms with E-state index in [2.05, 4.69) is 25.6 Å². The predicted molar refractivity (Wildman–Crippen MR) is 61.3 cm³/mol. The van der Waals surface area contributed by atoms with E-state index in [9.17, 15) is 13.6 Å². The van der Waals surface area contributed by atoms with Crippen LogP contribution in [0.2, 0.25) is 0 Å². The Balaban J connectivity index is 2.66. The second-order valence-corrected chi connectivity index (χ2v) is 4.41. The summed E-state index contributed by atoms with van der Waals surface area (Å²) in [4.78, 5) is 10.6. The molecule has 0 saturated carbocycles. The van der Waals surface area contributed by atoms with Crippen molar-refractivity contribution in [3.05, 3.63) is 39.6 Å². The van der Waals surface area contributed by atoms with Gasteiger partial charge in [0, 0.05) is 6.07 Å². The fourth-order valence-corrected chi connectivity index (χ4v) is 1.99. The Morgan fingerprint density at radius 1 is 1.39 bits per heavy atom. The number of nitrogens with zero attached hydrogens (tertiary/aromatic N) is 1. The number of hydrogen-bond donors (Lipinski definition) is 1. The molecule has 1 aromatic heterocycles. The first-order valence-corrected chi connectivity index (χ1v) is 5.55. The van der Waals surface area contributed by atoms with Crippen molar-refractivity contribution in [3.63, 3.8) is 0 Å². The molecule has 0 fully saturated rings. The van der Waals surface area contributed by atoms with Crippen molar-refractivity contribution in [2.45, 2.75) is 6.92 Å². The number of aryl methyl sites for hydroxylation is 1. The highest BCUT2D eigenvalue weighted by Crippen LogP contribution is 2.32. The Labute approximate surface area is 108 Å². The summed E-state index contributed by atoms with van der Waals surface area (Å²) in [5, 5.41) is 12.0. The number of halogens is 3. The lowest BCUT2D eigenvalue weighted by Crippen LogP contribution is -1.95. The van der Waals surface area contributed by atoms with Gasteiger partial charge in [-0.25, -0.2) is 13.6 Å². The van der Waals surface area contributed by atoms with Crippen molar-refractivity contribution in [1.29, 1.82) is 0 Å². The zero-order valence-corrected chi connectivity index (χ0v) is 10.6.